The van der Waals surface area contributed by atoms with E-state index in [1.165, 1.54) is 5.56 Å². The molecule has 3 saturated heterocycles. The van der Waals surface area contributed by atoms with Gasteiger partial charge in [0.25, 0.3) is 0 Å². The van der Waals surface area contributed by atoms with Gasteiger partial charge in [0, 0.05) is 57.6 Å². The average Bonchev–Trinajstić information content (AvgIpc) is 3.28. The van der Waals surface area contributed by atoms with Crippen molar-refractivity contribution in [3.63, 3.8) is 0 Å². The van der Waals surface area contributed by atoms with Gasteiger partial charge in [0.1, 0.15) is 0 Å². The quantitative estimate of drug-likeness (QED) is 0.785. The van der Waals surface area contributed by atoms with E-state index in [-0.39, 0.29) is 17.2 Å². The Morgan fingerprint density at radius 1 is 1.04 bits per heavy atom. The van der Waals surface area contributed by atoms with Crippen molar-refractivity contribution in [2.45, 2.75) is 39.7 Å². The molecule has 152 valence electrons. The van der Waals surface area contributed by atoms with Crippen molar-refractivity contribution in [2.75, 3.05) is 39.3 Å². The van der Waals surface area contributed by atoms with Crippen LogP contribution in [0.2, 0.25) is 0 Å². The molecule has 0 aliphatic carbocycles. The summed E-state index contributed by atoms with van der Waals surface area (Å²) in [6, 6.07) is 10.5. The van der Waals surface area contributed by atoms with E-state index in [0.29, 0.717) is 18.2 Å². The Labute approximate surface area is 168 Å². The third-order valence-corrected chi connectivity index (χ3v) is 6.63. The summed E-state index contributed by atoms with van der Waals surface area (Å²) in [4.78, 5) is 32.3. The van der Waals surface area contributed by atoms with E-state index in [1.807, 2.05) is 11.0 Å². The van der Waals surface area contributed by atoms with Crippen LogP contribution in [0.1, 0.15) is 38.7 Å². The molecule has 1 spiro atoms. The summed E-state index contributed by atoms with van der Waals surface area (Å²) >= 11 is 0. The van der Waals surface area contributed by atoms with E-state index in [4.69, 9.17) is 0 Å². The first kappa shape index (κ1) is 19.4. The number of hydrogen-bond acceptors (Lipinski definition) is 3. The molecule has 1 aromatic rings. The molecule has 0 N–H and O–H groups in total. The summed E-state index contributed by atoms with van der Waals surface area (Å²) in [6.45, 7) is 10.1. The Kier molecular flexibility index (Phi) is 5.46. The van der Waals surface area contributed by atoms with E-state index >= 15 is 0 Å². The lowest BCUT2D eigenvalue weighted by atomic mass is 9.70. The molecular formula is C23H33N3O2. The summed E-state index contributed by atoms with van der Waals surface area (Å²) in [7, 11) is 0. The van der Waals surface area contributed by atoms with Crippen LogP contribution < -0.4 is 0 Å². The third-order valence-electron chi connectivity index (χ3n) is 6.63. The molecule has 5 heteroatoms. The molecule has 3 fully saturated rings. The van der Waals surface area contributed by atoms with Crippen LogP contribution >= 0.6 is 0 Å². The second kappa shape index (κ2) is 7.86. The smallest absolute Gasteiger partial charge is 0.227 e. The van der Waals surface area contributed by atoms with Crippen LogP contribution in [0, 0.1) is 17.3 Å². The molecule has 4 rings (SSSR count). The third kappa shape index (κ3) is 3.82. The summed E-state index contributed by atoms with van der Waals surface area (Å²) in [6.07, 6.45) is 2.85. The lowest BCUT2D eigenvalue weighted by Crippen LogP contribution is -2.64. The summed E-state index contributed by atoms with van der Waals surface area (Å²) in [5, 5.41) is 0. The van der Waals surface area contributed by atoms with Gasteiger partial charge in [-0.25, -0.2) is 0 Å². The SMILES string of the molecule is CC(C)CC(=O)N1CC2(CN(Cc3ccccc3)CC2C(=O)N2CCCC2)C1. The topological polar surface area (TPSA) is 43.9 Å². The zero-order valence-corrected chi connectivity index (χ0v) is 17.3. The van der Waals surface area contributed by atoms with Gasteiger partial charge in [-0.2, -0.15) is 0 Å². The Balaban J connectivity index is 1.47. The first-order chi connectivity index (χ1) is 13.5. The minimum atomic E-state index is -0.0545. The van der Waals surface area contributed by atoms with Crippen molar-refractivity contribution < 1.29 is 9.59 Å². The molecule has 2 amide bonds. The van der Waals surface area contributed by atoms with Crippen LogP contribution in [-0.4, -0.2) is 65.8 Å². The maximum Gasteiger partial charge on any atom is 0.227 e. The summed E-state index contributed by atoms with van der Waals surface area (Å²) < 4.78 is 0. The molecule has 3 heterocycles. The number of hydrogen-bond donors (Lipinski definition) is 0. The highest BCUT2D eigenvalue weighted by molar-refractivity contribution is 5.82. The van der Waals surface area contributed by atoms with E-state index in [9.17, 15) is 9.59 Å². The summed E-state index contributed by atoms with van der Waals surface area (Å²) in [5.41, 5.74) is 1.24. The van der Waals surface area contributed by atoms with Crippen molar-refractivity contribution in [3.8, 4) is 0 Å². The normalized spacial score (nSPS) is 24.2. The Morgan fingerprint density at radius 2 is 1.71 bits per heavy atom. The van der Waals surface area contributed by atoms with Gasteiger partial charge in [0.05, 0.1) is 5.92 Å². The van der Waals surface area contributed by atoms with Crippen LogP contribution in [-0.2, 0) is 16.1 Å². The molecule has 1 unspecified atom stereocenters. The van der Waals surface area contributed by atoms with E-state index in [2.05, 4.69) is 47.9 Å². The molecule has 28 heavy (non-hydrogen) atoms. The van der Waals surface area contributed by atoms with Gasteiger partial charge >= 0.3 is 0 Å². The van der Waals surface area contributed by atoms with Crippen LogP contribution in [0.15, 0.2) is 30.3 Å². The predicted molar refractivity (Wildman–Crippen MR) is 109 cm³/mol. The molecule has 0 aromatic heterocycles. The molecule has 0 saturated carbocycles. The van der Waals surface area contributed by atoms with Gasteiger partial charge in [0.15, 0.2) is 0 Å². The maximum absolute atomic E-state index is 13.3. The molecule has 3 aliphatic rings. The number of rotatable bonds is 5. The van der Waals surface area contributed by atoms with Gasteiger partial charge in [-0.15, -0.1) is 0 Å². The van der Waals surface area contributed by atoms with Crippen LogP contribution in [0.5, 0.6) is 0 Å². The Morgan fingerprint density at radius 3 is 2.36 bits per heavy atom. The standard InChI is InChI=1S/C23H33N3O2/c1-18(2)12-21(27)26-16-23(17-26)15-24(13-19-8-4-3-5-9-19)14-20(23)22(28)25-10-6-7-11-25/h3-5,8-9,18,20H,6-7,10-17H2,1-2H3. The van der Waals surface area contributed by atoms with Gasteiger partial charge in [0.2, 0.25) is 11.8 Å². The average molecular weight is 384 g/mol. The van der Waals surface area contributed by atoms with Crippen molar-refractivity contribution in [1.82, 2.24) is 14.7 Å². The molecule has 1 atom stereocenters. The summed E-state index contributed by atoms with van der Waals surface area (Å²) in [5.74, 6) is 0.972. The number of amides is 2. The Hall–Kier alpha value is -1.88. The molecule has 0 bridgehead atoms. The minimum absolute atomic E-state index is 0.0254. The fraction of sp³-hybridized carbons (Fsp3) is 0.652. The van der Waals surface area contributed by atoms with Crippen molar-refractivity contribution >= 4 is 11.8 Å². The molecule has 0 radical (unpaired) electrons. The van der Waals surface area contributed by atoms with Gasteiger partial charge in [-0.1, -0.05) is 44.2 Å². The van der Waals surface area contributed by atoms with Crippen molar-refractivity contribution in [1.29, 1.82) is 0 Å². The number of likely N-dealkylation sites (tertiary alicyclic amines) is 3. The largest absolute Gasteiger partial charge is 0.342 e. The van der Waals surface area contributed by atoms with Crippen LogP contribution in [0.4, 0.5) is 0 Å². The molecule has 5 nitrogen and oxygen atoms in total. The fourth-order valence-corrected chi connectivity index (χ4v) is 5.22. The van der Waals surface area contributed by atoms with Crippen molar-refractivity contribution in [3.05, 3.63) is 35.9 Å². The zero-order valence-electron chi connectivity index (χ0n) is 17.3. The first-order valence-corrected chi connectivity index (χ1v) is 10.8. The number of benzene rings is 1. The highest BCUT2D eigenvalue weighted by atomic mass is 16.2. The van der Waals surface area contributed by atoms with E-state index in [0.717, 1.165) is 58.7 Å². The van der Waals surface area contributed by atoms with Gasteiger partial charge in [-0.05, 0) is 24.3 Å². The Bertz CT molecular complexity index is 706. The molecule has 3 aliphatic heterocycles. The lowest BCUT2D eigenvalue weighted by molar-refractivity contribution is -0.153. The molecule has 1 aromatic carbocycles. The van der Waals surface area contributed by atoms with Crippen LogP contribution in [0.25, 0.3) is 0 Å². The minimum Gasteiger partial charge on any atom is -0.342 e. The number of carbonyl (C=O) groups is 2. The van der Waals surface area contributed by atoms with E-state index in [1.54, 1.807) is 0 Å². The maximum atomic E-state index is 13.3. The fourth-order valence-electron chi connectivity index (χ4n) is 5.22. The first-order valence-electron chi connectivity index (χ1n) is 10.8. The second-order valence-corrected chi connectivity index (χ2v) is 9.45. The second-order valence-electron chi connectivity index (χ2n) is 9.45. The van der Waals surface area contributed by atoms with Crippen molar-refractivity contribution in [2.24, 2.45) is 17.3 Å². The highest BCUT2D eigenvalue weighted by Crippen LogP contribution is 2.45. The molecular weight excluding hydrogens is 350 g/mol. The number of nitrogens with zero attached hydrogens (tertiary/aromatic N) is 3. The van der Waals surface area contributed by atoms with E-state index < -0.39 is 0 Å². The van der Waals surface area contributed by atoms with Gasteiger partial charge in [-0.3, -0.25) is 14.5 Å². The zero-order chi connectivity index (χ0) is 19.7. The number of carbonyl (C=O) groups excluding carboxylic acids is 2. The monoisotopic (exact) mass is 383 g/mol. The lowest BCUT2D eigenvalue weighted by Gasteiger charge is -2.51. The predicted octanol–water partition coefficient (Wildman–Crippen LogP) is 2.62. The van der Waals surface area contributed by atoms with Gasteiger partial charge < -0.3 is 9.80 Å². The highest BCUT2D eigenvalue weighted by Gasteiger charge is 2.58. The van der Waals surface area contributed by atoms with Crippen LogP contribution in [0.3, 0.4) is 0 Å².